The Morgan fingerprint density at radius 3 is 2.67 bits per heavy atom. The molecule has 0 amide bonds. The highest BCUT2D eigenvalue weighted by atomic mass is 19.1. The lowest BCUT2D eigenvalue weighted by atomic mass is 10.00. The molecule has 0 saturated heterocycles. The van der Waals surface area contributed by atoms with Gasteiger partial charge in [0.05, 0.1) is 22.5 Å². The number of rotatable bonds is 2. The summed E-state index contributed by atoms with van der Waals surface area (Å²) in [5.41, 5.74) is 11.2. The molecule has 0 radical (unpaired) electrons. The number of aryl methyl sites for hydroxylation is 1. The Morgan fingerprint density at radius 1 is 1.03 bits per heavy atom. The molecule has 0 atom stereocenters. The number of halogens is 1. The predicted octanol–water partition coefficient (Wildman–Crippen LogP) is 4.51. The maximum Gasteiger partial charge on any atom is 0.180 e. The predicted molar refractivity (Wildman–Crippen MR) is 113 cm³/mol. The van der Waals surface area contributed by atoms with E-state index in [1.54, 1.807) is 24.7 Å². The van der Waals surface area contributed by atoms with Crippen molar-refractivity contribution < 1.29 is 4.39 Å². The van der Waals surface area contributed by atoms with Crippen LogP contribution in [0, 0.1) is 24.1 Å². The van der Waals surface area contributed by atoms with Crippen molar-refractivity contribution in [1.29, 1.82) is 5.26 Å². The number of nitrogen functional groups attached to an aromatic ring is 1. The maximum absolute atomic E-state index is 14.4. The van der Waals surface area contributed by atoms with E-state index in [0.29, 0.717) is 16.9 Å². The van der Waals surface area contributed by atoms with Gasteiger partial charge in [0.2, 0.25) is 0 Å². The molecule has 0 aliphatic rings. The first-order chi connectivity index (χ1) is 14.6. The van der Waals surface area contributed by atoms with Crippen molar-refractivity contribution >= 4 is 22.4 Å². The lowest BCUT2D eigenvalue weighted by Crippen LogP contribution is -2.04. The lowest BCUT2D eigenvalue weighted by Gasteiger charge is -2.15. The average Bonchev–Trinajstić information content (AvgIpc) is 3.24. The molecule has 3 aromatic heterocycles. The zero-order valence-corrected chi connectivity index (χ0v) is 16.0. The van der Waals surface area contributed by atoms with Crippen LogP contribution in [0.4, 0.5) is 10.2 Å². The SMILES string of the molecule is Cc1ccnc2ccc(-c3c(-c4ccc(C#N)c(F)c4)nc(N)c4nccn34)cc12. The molecule has 2 aromatic carbocycles. The van der Waals surface area contributed by atoms with E-state index < -0.39 is 5.82 Å². The molecule has 0 spiro atoms. The number of hydrogen-bond donors (Lipinski definition) is 1. The first-order valence-electron chi connectivity index (χ1n) is 9.25. The van der Waals surface area contributed by atoms with Gasteiger partial charge in [-0.1, -0.05) is 12.1 Å². The van der Waals surface area contributed by atoms with Gasteiger partial charge in [-0.2, -0.15) is 5.26 Å². The number of nitrogens with two attached hydrogens (primary N) is 1. The Labute approximate surface area is 171 Å². The van der Waals surface area contributed by atoms with E-state index in [1.807, 2.05) is 41.7 Å². The summed E-state index contributed by atoms with van der Waals surface area (Å²) in [6, 6.07) is 14.1. The van der Waals surface area contributed by atoms with Crippen LogP contribution in [0.3, 0.4) is 0 Å². The van der Waals surface area contributed by atoms with E-state index in [0.717, 1.165) is 27.7 Å². The van der Waals surface area contributed by atoms with Gasteiger partial charge in [-0.05, 0) is 42.8 Å². The minimum Gasteiger partial charge on any atom is -0.381 e. The Bertz CT molecular complexity index is 1500. The lowest BCUT2D eigenvalue weighted by molar-refractivity contribution is 0.624. The number of fused-ring (bicyclic) bond motifs is 2. The van der Waals surface area contributed by atoms with Crippen LogP contribution in [-0.2, 0) is 0 Å². The summed E-state index contributed by atoms with van der Waals surface area (Å²) in [6.07, 6.45) is 5.22. The standard InChI is InChI=1S/C23H15FN6/c1-13-6-7-27-19-5-4-15(10-17(13)19)21-20(14-2-3-16(12-25)18(24)11-14)29-22(26)23-28-8-9-30(21)23/h2-11H,1H3,(H2,26,29). The average molecular weight is 394 g/mol. The zero-order chi connectivity index (χ0) is 20.8. The van der Waals surface area contributed by atoms with Gasteiger partial charge in [0.25, 0.3) is 0 Å². The van der Waals surface area contributed by atoms with E-state index in [9.17, 15) is 4.39 Å². The van der Waals surface area contributed by atoms with Crippen LogP contribution >= 0.6 is 0 Å². The van der Waals surface area contributed by atoms with Crippen molar-refractivity contribution in [2.24, 2.45) is 0 Å². The number of hydrogen-bond acceptors (Lipinski definition) is 5. The van der Waals surface area contributed by atoms with E-state index in [1.165, 1.54) is 12.1 Å². The van der Waals surface area contributed by atoms with Crippen LogP contribution in [0.2, 0.25) is 0 Å². The molecule has 5 aromatic rings. The second kappa shape index (κ2) is 6.64. The smallest absolute Gasteiger partial charge is 0.180 e. The quantitative estimate of drug-likeness (QED) is 0.475. The molecule has 0 aliphatic carbocycles. The molecule has 0 bridgehead atoms. The largest absolute Gasteiger partial charge is 0.381 e. The number of aromatic nitrogens is 4. The van der Waals surface area contributed by atoms with Crippen LogP contribution in [0.1, 0.15) is 11.1 Å². The monoisotopic (exact) mass is 394 g/mol. The molecule has 144 valence electrons. The number of nitriles is 1. The van der Waals surface area contributed by atoms with Gasteiger partial charge in [0.1, 0.15) is 11.9 Å². The van der Waals surface area contributed by atoms with Gasteiger partial charge in [-0.15, -0.1) is 0 Å². The van der Waals surface area contributed by atoms with Crippen molar-refractivity contribution in [2.45, 2.75) is 6.92 Å². The molecule has 7 heteroatoms. The number of imidazole rings is 1. The van der Waals surface area contributed by atoms with E-state index >= 15 is 0 Å². The van der Waals surface area contributed by atoms with Crippen molar-refractivity contribution in [3.8, 4) is 28.6 Å². The second-order valence-corrected chi connectivity index (χ2v) is 6.98. The summed E-state index contributed by atoms with van der Waals surface area (Å²) in [5.74, 6) is -0.368. The van der Waals surface area contributed by atoms with E-state index in [-0.39, 0.29) is 11.4 Å². The summed E-state index contributed by atoms with van der Waals surface area (Å²) in [6.45, 7) is 2.03. The number of nitrogens with zero attached hydrogens (tertiary/aromatic N) is 5. The van der Waals surface area contributed by atoms with E-state index in [4.69, 9.17) is 11.0 Å². The van der Waals surface area contributed by atoms with Gasteiger partial charge in [-0.25, -0.2) is 14.4 Å². The van der Waals surface area contributed by atoms with Crippen LogP contribution in [-0.4, -0.2) is 19.4 Å². The van der Waals surface area contributed by atoms with Crippen molar-refractivity contribution in [2.75, 3.05) is 5.73 Å². The first-order valence-corrected chi connectivity index (χ1v) is 9.25. The third-order valence-corrected chi connectivity index (χ3v) is 5.16. The molecule has 0 unspecified atom stereocenters. The molecular weight excluding hydrogens is 379 g/mol. The fourth-order valence-electron chi connectivity index (χ4n) is 3.67. The number of pyridine rings is 1. The van der Waals surface area contributed by atoms with Crippen molar-refractivity contribution in [1.82, 2.24) is 19.4 Å². The number of benzene rings is 2. The Hall–Kier alpha value is -4.31. The highest BCUT2D eigenvalue weighted by Gasteiger charge is 2.18. The summed E-state index contributed by atoms with van der Waals surface area (Å²) in [5, 5.41) is 10.1. The highest BCUT2D eigenvalue weighted by molar-refractivity contribution is 5.90. The van der Waals surface area contributed by atoms with Gasteiger partial charge >= 0.3 is 0 Å². The van der Waals surface area contributed by atoms with E-state index in [2.05, 4.69) is 15.0 Å². The molecule has 2 N–H and O–H groups in total. The molecule has 3 heterocycles. The normalized spacial score (nSPS) is 11.1. The summed E-state index contributed by atoms with van der Waals surface area (Å²) < 4.78 is 16.2. The fraction of sp³-hybridized carbons (Fsp3) is 0.0435. The van der Waals surface area contributed by atoms with Gasteiger partial charge in [0.15, 0.2) is 11.5 Å². The minimum atomic E-state index is -0.606. The summed E-state index contributed by atoms with van der Waals surface area (Å²) in [4.78, 5) is 13.3. The number of anilines is 1. The van der Waals surface area contributed by atoms with Crippen LogP contribution < -0.4 is 5.73 Å². The topological polar surface area (TPSA) is 92.9 Å². The van der Waals surface area contributed by atoms with Crippen molar-refractivity contribution in [3.05, 3.63) is 78.0 Å². The fourth-order valence-corrected chi connectivity index (χ4v) is 3.67. The summed E-state index contributed by atoms with van der Waals surface area (Å²) >= 11 is 0. The van der Waals surface area contributed by atoms with Gasteiger partial charge in [0, 0.05) is 35.1 Å². The van der Waals surface area contributed by atoms with Crippen LogP contribution in [0.25, 0.3) is 39.1 Å². The Kier molecular flexibility index (Phi) is 3.93. The summed E-state index contributed by atoms with van der Waals surface area (Å²) in [7, 11) is 0. The van der Waals surface area contributed by atoms with Crippen molar-refractivity contribution in [3.63, 3.8) is 0 Å². The third-order valence-electron chi connectivity index (χ3n) is 5.16. The van der Waals surface area contributed by atoms with Gasteiger partial charge in [-0.3, -0.25) is 9.38 Å². The maximum atomic E-state index is 14.4. The Balaban J connectivity index is 1.85. The Morgan fingerprint density at radius 2 is 1.87 bits per heavy atom. The van der Waals surface area contributed by atoms with Crippen LogP contribution in [0.15, 0.2) is 61.1 Å². The molecular formula is C23H15FN6. The molecule has 0 aliphatic heterocycles. The first kappa shape index (κ1) is 17.8. The second-order valence-electron chi connectivity index (χ2n) is 6.98. The van der Waals surface area contributed by atoms with Crippen LogP contribution in [0.5, 0.6) is 0 Å². The molecule has 30 heavy (non-hydrogen) atoms. The zero-order valence-electron chi connectivity index (χ0n) is 16.0. The molecule has 6 nitrogen and oxygen atoms in total. The van der Waals surface area contributed by atoms with Gasteiger partial charge < -0.3 is 5.73 Å². The highest BCUT2D eigenvalue weighted by Crippen LogP contribution is 2.35. The molecule has 0 saturated carbocycles. The molecule has 5 rings (SSSR count). The third kappa shape index (κ3) is 2.66. The minimum absolute atomic E-state index is 0.0237. The molecule has 0 fully saturated rings.